The van der Waals surface area contributed by atoms with Gasteiger partial charge < -0.3 is 10.5 Å². The number of nitro groups is 1. The molecule has 92 valence electrons. The standard InChI is InChI=1S/C11H14N2O4/c1-11(2,17-10(12)14)7-8-4-3-5-9(6-8)13(15)16/h3-6H,7H2,1-2H3,(H2,12,14). The SMILES string of the molecule is CC(C)(Cc1cccc([N+](=O)[O-])c1)OC(N)=O. The van der Waals surface area contributed by atoms with Crippen molar-refractivity contribution in [3.8, 4) is 0 Å². The van der Waals surface area contributed by atoms with Crippen LogP contribution in [0.1, 0.15) is 19.4 Å². The van der Waals surface area contributed by atoms with Gasteiger partial charge in [0, 0.05) is 18.6 Å². The molecule has 0 saturated carbocycles. The molecule has 1 rings (SSSR count). The molecule has 0 heterocycles. The Morgan fingerprint density at radius 3 is 2.71 bits per heavy atom. The predicted molar refractivity (Wildman–Crippen MR) is 61.5 cm³/mol. The molecule has 0 aliphatic carbocycles. The molecule has 1 aromatic rings. The molecular formula is C11H14N2O4. The van der Waals surface area contributed by atoms with E-state index in [0.29, 0.717) is 12.0 Å². The minimum atomic E-state index is -0.861. The van der Waals surface area contributed by atoms with Crippen LogP contribution in [-0.4, -0.2) is 16.6 Å². The summed E-state index contributed by atoms with van der Waals surface area (Å²) in [5.74, 6) is 0. The zero-order chi connectivity index (χ0) is 13.1. The molecule has 0 aliphatic heterocycles. The molecule has 0 aromatic heterocycles. The maximum atomic E-state index is 10.7. The van der Waals surface area contributed by atoms with Crippen molar-refractivity contribution in [3.63, 3.8) is 0 Å². The summed E-state index contributed by atoms with van der Waals surface area (Å²) in [6, 6.07) is 6.18. The summed E-state index contributed by atoms with van der Waals surface area (Å²) < 4.78 is 4.91. The highest BCUT2D eigenvalue weighted by molar-refractivity contribution is 5.65. The van der Waals surface area contributed by atoms with Crippen LogP contribution in [0.15, 0.2) is 24.3 Å². The second kappa shape index (κ2) is 4.82. The Hall–Kier alpha value is -2.11. The summed E-state index contributed by atoms with van der Waals surface area (Å²) >= 11 is 0. The Labute approximate surface area is 98.5 Å². The summed E-state index contributed by atoms with van der Waals surface area (Å²) in [5, 5.41) is 10.6. The van der Waals surface area contributed by atoms with Crippen LogP contribution < -0.4 is 5.73 Å². The number of nitrogens with zero attached hydrogens (tertiary/aromatic N) is 1. The third kappa shape index (κ3) is 4.10. The van der Waals surface area contributed by atoms with Crippen LogP contribution in [0.5, 0.6) is 0 Å². The number of hydrogen-bond acceptors (Lipinski definition) is 4. The number of primary amides is 1. The van der Waals surface area contributed by atoms with E-state index >= 15 is 0 Å². The van der Waals surface area contributed by atoms with Crippen LogP contribution in [0.3, 0.4) is 0 Å². The van der Waals surface area contributed by atoms with Gasteiger partial charge in [0.2, 0.25) is 0 Å². The van der Waals surface area contributed by atoms with Crippen LogP contribution in [-0.2, 0) is 11.2 Å². The fourth-order valence-corrected chi connectivity index (χ4v) is 1.58. The largest absolute Gasteiger partial charge is 0.443 e. The lowest BCUT2D eigenvalue weighted by atomic mass is 9.98. The lowest BCUT2D eigenvalue weighted by Gasteiger charge is -2.23. The lowest BCUT2D eigenvalue weighted by molar-refractivity contribution is -0.384. The van der Waals surface area contributed by atoms with E-state index in [2.05, 4.69) is 0 Å². The van der Waals surface area contributed by atoms with Crippen molar-refractivity contribution in [3.05, 3.63) is 39.9 Å². The number of carbonyl (C=O) groups is 1. The topological polar surface area (TPSA) is 95.5 Å². The molecular weight excluding hydrogens is 224 g/mol. The van der Waals surface area contributed by atoms with Gasteiger partial charge in [0.1, 0.15) is 5.60 Å². The van der Waals surface area contributed by atoms with Crippen LogP contribution in [0.2, 0.25) is 0 Å². The number of nitrogens with two attached hydrogens (primary N) is 1. The number of carbonyl (C=O) groups excluding carboxylic acids is 1. The predicted octanol–water partition coefficient (Wildman–Crippen LogP) is 2.01. The molecule has 6 heteroatoms. The number of rotatable bonds is 4. The third-order valence-electron chi connectivity index (χ3n) is 2.13. The highest BCUT2D eigenvalue weighted by Crippen LogP contribution is 2.20. The summed E-state index contributed by atoms with van der Waals surface area (Å²) in [6.45, 7) is 3.38. The summed E-state index contributed by atoms with van der Waals surface area (Å²) in [6.07, 6.45) is -0.502. The van der Waals surface area contributed by atoms with E-state index < -0.39 is 16.6 Å². The van der Waals surface area contributed by atoms with Crippen molar-refractivity contribution < 1.29 is 14.5 Å². The first-order valence-electron chi connectivity index (χ1n) is 5.02. The number of ether oxygens (including phenoxy) is 1. The monoisotopic (exact) mass is 238 g/mol. The number of nitro benzene ring substituents is 1. The van der Waals surface area contributed by atoms with Gasteiger partial charge in [-0.1, -0.05) is 12.1 Å². The molecule has 2 N–H and O–H groups in total. The van der Waals surface area contributed by atoms with Gasteiger partial charge in [0.25, 0.3) is 5.69 Å². The Balaban J connectivity index is 2.84. The molecule has 0 spiro atoms. The van der Waals surface area contributed by atoms with Crippen LogP contribution in [0.4, 0.5) is 10.5 Å². The quantitative estimate of drug-likeness (QED) is 0.641. The van der Waals surface area contributed by atoms with Crippen LogP contribution >= 0.6 is 0 Å². The fourth-order valence-electron chi connectivity index (χ4n) is 1.58. The molecule has 1 aromatic carbocycles. The zero-order valence-electron chi connectivity index (χ0n) is 9.67. The molecule has 0 bridgehead atoms. The molecule has 0 radical (unpaired) electrons. The van der Waals surface area contributed by atoms with E-state index in [4.69, 9.17) is 10.5 Å². The highest BCUT2D eigenvalue weighted by Gasteiger charge is 2.23. The first-order chi connectivity index (χ1) is 7.80. The average molecular weight is 238 g/mol. The van der Waals surface area contributed by atoms with Gasteiger partial charge in [0.05, 0.1) is 4.92 Å². The zero-order valence-corrected chi connectivity index (χ0v) is 9.67. The molecule has 0 saturated heterocycles. The van der Waals surface area contributed by atoms with Crippen LogP contribution in [0.25, 0.3) is 0 Å². The van der Waals surface area contributed by atoms with Gasteiger partial charge in [-0.3, -0.25) is 10.1 Å². The molecule has 0 fully saturated rings. The Morgan fingerprint density at radius 2 is 2.18 bits per heavy atom. The van der Waals surface area contributed by atoms with E-state index in [1.54, 1.807) is 26.0 Å². The Morgan fingerprint density at radius 1 is 1.53 bits per heavy atom. The van der Waals surface area contributed by atoms with E-state index in [0.717, 1.165) is 0 Å². The second-order valence-electron chi connectivity index (χ2n) is 4.28. The molecule has 0 unspecified atom stereocenters. The van der Waals surface area contributed by atoms with E-state index in [9.17, 15) is 14.9 Å². The minimum Gasteiger partial charge on any atom is -0.443 e. The van der Waals surface area contributed by atoms with Crippen molar-refractivity contribution >= 4 is 11.8 Å². The third-order valence-corrected chi connectivity index (χ3v) is 2.13. The van der Waals surface area contributed by atoms with Gasteiger partial charge in [-0.25, -0.2) is 4.79 Å². The van der Waals surface area contributed by atoms with Gasteiger partial charge in [-0.05, 0) is 19.4 Å². The van der Waals surface area contributed by atoms with E-state index in [1.165, 1.54) is 12.1 Å². The number of hydrogen-bond donors (Lipinski definition) is 1. The summed E-state index contributed by atoms with van der Waals surface area (Å²) in [7, 11) is 0. The molecule has 0 aliphatic rings. The van der Waals surface area contributed by atoms with E-state index in [1.807, 2.05) is 0 Å². The summed E-state index contributed by atoms with van der Waals surface area (Å²) in [5.41, 5.74) is 4.88. The summed E-state index contributed by atoms with van der Waals surface area (Å²) in [4.78, 5) is 20.8. The normalized spacial score (nSPS) is 10.9. The van der Waals surface area contributed by atoms with E-state index in [-0.39, 0.29) is 5.69 Å². The maximum absolute atomic E-state index is 10.7. The maximum Gasteiger partial charge on any atom is 0.405 e. The Bertz CT molecular complexity index is 443. The minimum absolute atomic E-state index is 0.0115. The van der Waals surface area contributed by atoms with Gasteiger partial charge in [-0.2, -0.15) is 0 Å². The molecule has 1 amide bonds. The van der Waals surface area contributed by atoms with Crippen molar-refractivity contribution in [2.24, 2.45) is 5.73 Å². The fraction of sp³-hybridized carbons (Fsp3) is 0.364. The first-order valence-corrected chi connectivity index (χ1v) is 5.02. The molecule has 0 atom stereocenters. The van der Waals surface area contributed by atoms with Gasteiger partial charge >= 0.3 is 6.09 Å². The number of benzene rings is 1. The molecule has 17 heavy (non-hydrogen) atoms. The first kappa shape index (κ1) is 13.0. The Kier molecular flexibility index (Phi) is 3.67. The van der Waals surface area contributed by atoms with Crippen molar-refractivity contribution in [2.75, 3.05) is 0 Å². The van der Waals surface area contributed by atoms with Gasteiger partial charge in [-0.15, -0.1) is 0 Å². The average Bonchev–Trinajstić information content (AvgIpc) is 2.14. The lowest BCUT2D eigenvalue weighted by Crippen LogP contribution is -2.33. The van der Waals surface area contributed by atoms with Crippen molar-refractivity contribution in [1.29, 1.82) is 0 Å². The van der Waals surface area contributed by atoms with Crippen molar-refractivity contribution in [2.45, 2.75) is 25.9 Å². The number of non-ortho nitro benzene ring substituents is 1. The highest BCUT2D eigenvalue weighted by atomic mass is 16.6. The van der Waals surface area contributed by atoms with Crippen LogP contribution in [0, 0.1) is 10.1 Å². The number of amides is 1. The second-order valence-corrected chi connectivity index (χ2v) is 4.28. The van der Waals surface area contributed by atoms with Gasteiger partial charge in [0.15, 0.2) is 0 Å². The van der Waals surface area contributed by atoms with Crippen molar-refractivity contribution in [1.82, 2.24) is 0 Å². The molecule has 6 nitrogen and oxygen atoms in total. The smallest absolute Gasteiger partial charge is 0.405 e.